The van der Waals surface area contributed by atoms with E-state index in [9.17, 15) is 16.8 Å². The van der Waals surface area contributed by atoms with Gasteiger partial charge in [-0.25, -0.2) is 16.8 Å². The van der Waals surface area contributed by atoms with Crippen molar-refractivity contribution >= 4 is 20.0 Å². The molecule has 0 fully saturated rings. The van der Waals surface area contributed by atoms with Crippen molar-refractivity contribution in [2.24, 2.45) is 0 Å². The minimum atomic E-state index is -3.95. The van der Waals surface area contributed by atoms with Crippen LogP contribution in [0.1, 0.15) is 49.9 Å². The highest BCUT2D eigenvalue weighted by Gasteiger charge is 2.28. The molecular weight excluding hydrogens is 553 g/mol. The molecule has 0 bridgehead atoms. The minimum absolute atomic E-state index is 0.00906. The number of hydrogen-bond acceptors (Lipinski definition) is 4. The maximum absolute atomic E-state index is 13.9. The Hall–Kier alpha value is -3.30. The van der Waals surface area contributed by atoms with Crippen LogP contribution in [-0.4, -0.2) is 32.0 Å². The van der Waals surface area contributed by atoms with Crippen LogP contribution in [0.15, 0.2) is 119 Å². The fourth-order valence-electron chi connectivity index (χ4n) is 4.56. The summed E-state index contributed by atoms with van der Waals surface area (Å²) in [6.07, 6.45) is 0. The number of benzene rings is 4. The molecule has 0 heterocycles. The van der Waals surface area contributed by atoms with Gasteiger partial charge in [0.15, 0.2) is 0 Å². The molecular formula is C33H38N2O4S2. The molecule has 0 spiro atoms. The third-order valence-electron chi connectivity index (χ3n) is 7.03. The lowest BCUT2D eigenvalue weighted by atomic mass is 9.87. The molecule has 0 unspecified atom stereocenters. The highest BCUT2D eigenvalue weighted by Crippen LogP contribution is 2.26. The van der Waals surface area contributed by atoms with Gasteiger partial charge in [-0.15, -0.1) is 0 Å². The second kappa shape index (κ2) is 12.7. The van der Waals surface area contributed by atoms with Crippen LogP contribution in [0.2, 0.25) is 0 Å². The number of sulfonamides is 2. The monoisotopic (exact) mass is 590 g/mol. The lowest BCUT2D eigenvalue weighted by Crippen LogP contribution is -2.31. The first-order valence-corrected chi connectivity index (χ1v) is 16.6. The van der Waals surface area contributed by atoms with E-state index >= 15 is 0 Å². The minimum Gasteiger partial charge on any atom is -0.207 e. The molecule has 4 aromatic rings. The lowest BCUT2D eigenvalue weighted by molar-refractivity contribution is 0.401. The van der Waals surface area contributed by atoms with Crippen molar-refractivity contribution in [1.82, 2.24) is 8.61 Å². The Kier molecular flexibility index (Phi) is 9.49. The fourth-order valence-corrected chi connectivity index (χ4v) is 7.42. The average Bonchev–Trinajstić information content (AvgIpc) is 2.96. The standard InChI is InChI=1S/C33H38N2O4S2/c1-5-34(24-27-12-8-6-9-13-27)40(36,37)31-20-22-32(23-21-31)41(38,39)35(25-28-14-10-7-11-15-28)26-29-16-18-30(19-17-29)33(2,3)4/h6-23H,5,24-26H2,1-4H3. The van der Waals surface area contributed by atoms with Crippen molar-refractivity contribution in [3.05, 3.63) is 131 Å². The van der Waals surface area contributed by atoms with Crippen LogP contribution in [0.25, 0.3) is 0 Å². The Morgan fingerprint density at radius 3 is 1.27 bits per heavy atom. The molecule has 0 aliphatic heterocycles. The summed E-state index contributed by atoms with van der Waals surface area (Å²) in [4.78, 5) is 0.103. The molecule has 0 aromatic heterocycles. The third kappa shape index (κ3) is 7.51. The van der Waals surface area contributed by atoms with E-state index in [1.54, 1.807) is 6.92 Å². The van der Waals surface area contributed by atoms with E-state index in [-0.39, 0.29) is 41.4 Å². The van der Waals surface area contributed by atoms with E-state index in [4.69, 9.17) is 0 Å². The summed E-state index contributed by atoms with van der Waals surface area (Å²) in [6, 6.07) is 32.4. The smallest absolute Gasteiger partial charge is 0.207 e. The number of rotatable bonds is 11. The van der Waals surface area contributed by atoms with Gasteiger partial charge in [-0.3, -0.25) is 0 Å². The maximum atomic E-state index is 13.9. The SMILES string of the molecule is CCN(Cc1ccccc1)S(=O)(=O)c1ccc(S(=O)(=O)N(Cc2ccccc2)Cc2ccc(C(C)(C)C)cc2)cc1. The molecule has 8 heteroatoms. The number of nitrogens with zero attached hydrogens (tertiary/aromatic N) is 2. The van der Waals surface area contributed by atoms with Crippen molar-refractivity contribution < 1.29 is 16.8 Å². The fraction of sp³-hybridized carbons (Fsp3) is 0.273. The van der Waals surface area contributed by atoms with E-state index in [0.717, 1.165) is 16.7 Å². The van der Waals surface area contributed by atoms with Crippen LogP contribution in [-0.2, 0) is 45.1 Å². The Bertz CT molecular complexity index is 1630. The third-order valence-corrected chi connectivity index (χ3v) is 10.8. The summed E-state index contributed by atoms with van der Waals surface area (Å²) in [6.45, 7) is 9.09. The maximum Gasteiger partial charge on any atom is 0.243 e. The molecule has 0 atom stereocenters. The molecule has 0 radical (unpaired) electrons. The molecule has 41 heavy (non-hydrogen) atoms. The van der Waals surface area contributed by atoms with Crippen molar-refractivity contribution in [1.29, 1.82) is 0 Å². The van der Waals surface area contributed by atoms with E-state index < -0.39 is 20.0 Å². The van der Waals surface area contributed by atoms with E-state index in [1.807, 2.05) is 84.9 Å². The van der Waals surface area contributed by atoms with Gasteiger partial charge in [-0.1, -0.05) is 113 Å². The van der Waals surface area contributed by atoms with Crippen molar-refractivity contribution in [2.45, 2.75) is 62.5 Å². The molecule has 0 aliphatic rings. The topological polar surface area (TPSA) is 74.8 Å². The quantitative estimate of drug-likeness (QED) is 0.198. The van der Waals surface area contributed by atoms with Gasteiger partial charge >= 0.3 is 0 Å². The Morgan fingerprint density at radius 1 is 0.512 bits per heavy atom. The summed E-state index contributed by atoms with van der Waals surface area (Å²) < 4.78 is 57.5. The van der Waals surface area contributed by atoms with Crippen LogP contribution in [0.4, 0.5) is 0 Å². The second-order valence-electron chi connectivity index (χ2n) is 11.1. The van der Waals surface area contributed by atoms with E-state index in [0.29, 0.717) is 0 Å². The molecule has 0 saturated heterocycles. The summed E-state index contributed by atoms with van der Waals surface area (Å²) in [5, 5.41) is 0. The molecule has 0 amide bonds. The highest BCUT2D eigenvalue weighted by atomic mass is 32.2. The normalized spacial score (nSPS) is 12.6. The van der Waals surface area contributed by atoms with Crippen molar-refractivity contribution in [2.75, 3.05) is 6.54 Å². The zero-order valence-corrected chi connectivity index (χ0v) is 25.7. The molecule has 0 saturated carbocycles. The highest BCUT2D eigenvalue weighted by molar-refractivity contribution is 7.89. The van der Waals surface area contributed by atoms with Crippen molar-refractivity contribution in [3.8, 4) is 0 Å². The predicted molar refractivity (Wildman–Crippen MR) is 164 cm³/mol. The first-order valence-electron chi connectivity index (χ1n) is 13.7. The first kappa shape index (κ1) is 30.7. The van der Waals surface area contributed by atoms with Crippen LogP contribution >= 0.6 is 0 Å². The number of hydrogen-bond donors (Lipinski definition) is 0. The summed E-state index contributed by atoms with van der Waals surface area (Å²) in [7, 11) is -7.77. The molecule has 6 nitrogen and oxygen atoms in total. The average molecular weight is 591 g/mol. The molecule has 4 rings (SSSR count). The Morgan fingerprint density at radius 2 is 0.878 bits per heavy atom. The Labute approximate surface area is 245 Å². The summed E-state index contributed by atoms with van der Waals surface area (Å²) in [5.41, 5.74) is 3.77. The zero-order valence-electron chi connectivity index (χ0n) is 24.1. The van der Waals surface area contributed by atoms with Crippen LogP contribution in [0.5, 0.6) is 0 Å². The van der Waals surface area contributed by atoms with Crippen LogP contribution < -0.4 is 0 Å². The Balaban J connectivity index is 1.62. The van der Waals surface area contributed by atoms with Gasteiger partial charge in [0.25, 0.3) is 0 Å². The van der Waals surface area contributed by atoms with Gasteiger partial charge in [-0.2, -0.15) is 8.61 Å². The van der Waals surface area contributed by atoms with Crippen LogP contribution in [0.3, 0.4) is 0 Å². The molecule has 0 aliphatic carbocycles. The van der Waals surface area contributed by atoms with Gasteiger partial charge in [0, 0.05) is 26.2 Å². The predicted octanol–water partition coefficient (Wildman–Crippen LogP) is 6.59. The summed E-state index contributed by atoms with van der Waals surface area (Å²) in [5.74, 6) is 0. The van der Waals surface area contributed by atoms with E-state index in [1.165, 1.54) is 38.4 Å². The zero-order chi connectivity index (χ0) is 29.7. The summed E-state index contributed by atoms with van der Waals surface area (Å²) >= 11 is 0. The van der Waals surface area contributed by atoms with Gasteiger partial charge in [0.2, 0.25) is 20.0 Å². The molecule has 4 aromatic carbocycles. The molecule has 216 valence electrons. The molecule has 0 N–H and O–H groups in total. The second-order valence-corrected chi connectivity index (χ2v) is 15.0. The van der Waals surface area contributed by atoms with Gasteiger partial charge < -0.3 is 0 Å². The van der Waals surface area contributed by atoms with Crippen molar-refractivity contribution in [3.63, 3.8) is 0 Å². The van der Waals surface area contributed by atoms with E-state index in [2.05, 4.69) is 20.8 Å². The van der Waals surface area contributed by atoms with Crippen LogP contribution in [0, 0.1) is 0 Å². The largest absolute Gasteiger partial charge is 0.243 e. The first-order chi connectivity index (χ1) is 19.4. The lowest BCUT2D eigenvalue weighted by Gasteiger charge is -2.24. The van der Waals surface area contributed by atoms with Gasteiger partial charge in [0.05, 0.1) is 9.79 Å². The van der Waals surface area contributed by atoms with Gasteiger partial charge in [-0.05, 0) is 51.9 Å². The van der Waals surface area contributed by atoms with Gasteiger partial charge in [0.1, 0.15) is 0 Å².